The summed E-state index contributed by atoms with van der Waals surface area (Å²) in [5, 5.41) is 5.83. The largest absolute Gasteiger partial charge is 0.494 e. The van der Waals surface area contributed by atoms with Crippen LogP contribution in [0.3, 0.4) is 0 Å². The highest BCUT2D eigenvalue weighted by atomic mass is 32.2. The lowest BCUT2D eigenvalue weighted by Gasteiger charge is -2.31. The van der Waals surface area contributed by atoms with Crippen molar-refractivity contribution in [3.63, 3.8) is 0 Å². The van der Waals surface area contributed by atoms with E-state index in [-0.39, 0.29) is 17.7 Å². The summed E-state index contributed by atoms with van der Waals surface area (Å²) in [6, 6.07) is 14.1. The van der Waals surface area contributed by atoms with Gasteiger partial charge in [0.25, 0.3) is 0 Å². The Kier molecular flexibility index (Phi) is 7.84. The molecule has 0 aliphatic carbocycles. The minimum atomic E-state index is -3.45. The Morgan fingerprint density at radius 2 is 1.85 bits per heavy atom. The Hall–Kier alpha value is -2.91. The van der Waals surface area contributed by atoms with Gasteiger partial charge in [0.05, 0.1) is 11.5 Å². The van der Waals surface area contributed by atoms with E-state index in [2.05, 4.69) is 10.6 Å². The molecule has 34 heavy (non-hydrogen) atoms. The number of fused-ring (bicyclic) bond motifs is 1. The summed E-state index contributed by atoms with van der Waals surface area (Å²) in [5.74, 6) is 1.04. The van der Waals surface area contributed by atoms with E-state index in [1.807, 2.05) is 18.2 Å². The van der Waals surface area contributed by atoms with Crippen molar-refractivity contribution in [2.75, 3.05) is 31.6 Å². The maximum absolute atomic E-state index is 12.7. The number of benzene rings is 2. The standard InChI is InChI=1S/C25H31N3O5S/c29-24(7-4-16-33-21-9-10-23-20(17-21)8-11-25(30)27-23)26-18-19-12-14-28(15-13-19)34(31,32)22-5-2-1-3-6-22/h1-3,5-6,9-10,17,19H,4,7-8,11-16,18H2,(H,26,29)(H,27,30). The molecule has 182 valence electrons. The van der Waals surface area contributed by atoms with E-state index < -0.39 is 10.0 Å². The number of hydrogen-bond donors (Lipinski definition) is 2. The maximum Gasteiger partial charge on any atom is 0.243 e. The molecule has 1 saturated heterocycles. The molecule has 0 radical (unpaired) electrons. The molecule has 9 heteroatoms. The monoisotopic (exact) mass is 485 g/mol. The van der Waals surface area contributed by atoms with E-state index in [4.69, 9.17) is 4.74 Å². The highest BCUT2D eigenvalue weighted by molar-refractivity contribution is 7.89. The smallest absolute Gasteiger partial charge is 0.243 e. The van der Waals surface area contributed by atoms with Crippen molar-refractivity contribution in [1.82, 2.24) is 9.62 Å². The number of nitrogens with zero attached hydrogens (tertiary/aromatic N) is 1. The zero-order valence-electron chi connectivity index (χ0n) is 19.2. The number of amides is 2. The lowest BCUT2D eigenvalue weighted by molar-refractivity contribution is -0.121. The number of sulfonamides is 1. The third kappa shape index (κ3) is 6.15. The quantitative estimate of drug-likeness (QED) is 0.532. The van der Waals surface area contributed by atoms with E-state index in [1.165, 1.54) is 4.31 Å². The summed E-state index contributed by atoms with van der Waals surface area (Å²) in [5.41, 5.74) is 1.91. The van der Waals surface area contributed by atoms with Crippen molar-refractivity contribution >= 4 is 27.5 Å². The lowest BCUT2D eigenvalue weighted by Crippen LogP contribution is -2.41. The van der Waals surface area contributed by atoms with Crippen LogP contribution in [0.5, 0.6) is 5.75 Å². The molecule has 2 heterocycles. The number of carbonyl (C=O) groups excluding carboxylic acids is 2. The first-order valence-corrected chi connectivity index (χ1v) is 13.2. The average molecular weight is 486 g/mol. The van der Waals surface area contributed by atoms with Gasteiger partial charge in [0, 0.05) is 38.2 Å². The molecule has 2 N–H and O–H groups in total. The molecule has 0 spiro atoms. The average Bonchev–Trinajstić information content (AvgIpc) is 2.86. The van der Waals surface area contributed by atoms with Crippen LogP contribution in [0.2, 0.25) is 0 Å². The van der Waals surface area contributed by atoms with Gasteiger partial charge in [0.15, 0.2) is 0 Å². The van der Waals surface area contributed by atoms with Gasteiger partial charge in [-0.05, 0) is 67.5 Å². The van der Waals surface area contributed by atoms with Gasteiger partial charge in [0.2, 0.25) is 21.8 Å². The molecule has 8 nitrogen and oxygen atoms in total. The van der Waals surface area contributed by atoms with Crippen molar-refractivity contribution < 1.29 is 22.7 Å². The highest BCUT2D eigenvalue weighted by Crippen LogP contribution is 2.27. The summed E-state index contributed by atoms with van der Waals surface area (Å²) < 4.78 is 32.7. The summed E-state index contributed by atoms with van der Waals surface area (Å²) in [7, 11) is -3.45. The second-order valence-electron chi connectivity index (χ2n) is 8.78. The number of ether oxygens (including phenoxy) is 1. The molecule has 2 aliphatic heterocycles. The number of carbonyl (C=O) groups is 2. The van der Waals surface area contributed by atoms with Crippen LogP contribution in [0.15, 0.2) is 53.4 Å². The van der Waals surface area contributed by atoms with Gasteiger partial charge >= 0.3 is 0 Å². The zero-order valence-corrected chi connectivity index (χ0v) is 20.0. The van der Waals surface area contributed by atoms with Crippen LogP contribution in [0.1, 0.15) is 37.7 Å². The number of piperidine rings is 1. The van der Waals surface area contributed by atoms with Crippen molar-refractivity contribution in [2.24, 2.45) is 5.92 Å². The molecule has 2 aromatic carbocycles. The lowest BCUT2D eigenvalue weighted by atomic mass is 9.98. The highest BCUT2D eigenvalue weighted by Gasteiger charge is 2.29. The predicted molar refractivity (Wildman–Crippen MR) is 129 cm³/mol. The number of anilines is 1. The van der Waals surface area contributed by atoms with Crippen LogP contribution in [0.4, 0.5) is 5.69 Å². The van der Waals surface area contributed by atoms with Crippen molar-refractivity contribution in [1.29, 1.82) is 0 Å². The molecule has 0 bridgehead atoms. The third-order valence-corrected chi connectivity index (χ3v) is 8.24. The minimum Gasteiger partial charge on any atom is -0.494 e. The molecule has 0 unspecified atom stereocenters. The zero-order chi connectivity index (χ0) is 24.0. The van der Waals surface area contributed by atoms with Crippen LogP contribution in [-0.4, -0.2) is 50.8 Å². The Labute approximate surface area is 200 Å². The Bertz CT molecular complexity index is 1110. The van der Waals surface area contributed by atoms with E-state index in [0.717, 1.165) is 29.8 Å². The van der Waals surface area contributed by atoms with Gasteiger partial charge in [-0.15, -0.1) is 0 Å². The van der Waals surface area contributed by atoms with Gasteiger partial charge < -0.3 is 15.4 Å². The van der Waals surface area contributed by atoms with E-state index >= 15 is 0 Å². The molecule has 0 atom stereocenters. The van der Waals surface area contributed by atoms with Gasteiger partial charge in [-0.1, -0.05) is 18.2 Å². The van der Waals surface area contributed by atoms with Gasteiger partial charge in [-0.3, -0.25) is 9.59 Å². The van der Waals surface area contributed by atoms with Crippen LogP contribution in [0.25, 0.3) is 0 Å². The molecule has 0 aromatic heterocycles. The van der Waals surface area contributed by atoms with Crippen LogP contribution in [-0.2, 0) is 26.0 Å². The Morgan fingerprint density at radius 1 is 1.09 bits per heavy atom. The topological polar surface area (TPSA) is 105 Å². The number of hydrogen-bond acceptors (Lipinski definition) is 5. The summed E-state index contributed by atoms with van der Waals surface area (Å²) in [6.45, 7) is 1.94. The fraction of sp³-hybridized carbons (Fsp3) is 0.440. The first-order valence-electron chi connectivity index (χ1n) is 11.8. The number of aryl methyl sites for hydroxylation is 1. The van der Waals surface area contributed by atoms with Crippen LogP contribution in [0, 0.1) is 5.92 Å². The Morgan fingerprint density at radius 3 is 2.62 bits per heavy atom. The van der Waals surface area contributed by atoms with E-state index in [1.54, 1.807) is 30.3 Å². The van der Waals surface area contributed by atoms with Gasteiger partial charge in [-0.25, -0.2) is 8.42 Å². The first-order chi connectivity index (χ1) is 16.4. The van der Waals surface area contributed by atoms with Crippen LogP contribution >= 0.6 is 0 Å². The SMILES string of the molecule is O=C(CCCOc1ccc2c(c1)CCC(=O)N2)NCC1CCN(S(=O)(=O)c2ccccc2)CC1. The van der Waals surface area contributed by atoms with Crippen molar-refractivity contribution in [2.45, 2.75) is 43.4 Å². The molecule has 0 saturated carbocycles. The number of rotatable bonds is 9. The first kappa shape index (κ1) is 24.2. The van der Waals surface area contributed by atoms with Crippen LogP contribution < -0.4 is 15.4 Å². The van der Waals surface area contributed by atoms with Gasteiger partial charge in [0.1, 0.15) is 5.75 Å². The second kappa shape index (κ2) is 11.0. The summed E-state index contributed by atoms with van der Waals surface area (Å²) >= 11 is 0. The van der Waals surface area contributed by atoms with Gasteiger partial charge in [-0.2, -0.15) is 4.31 Å². The molecule has 4 rings (SSSR count). The van der Waals surface area contributed by atoms with Crippen molar-refractivity contribution in [3.8, 4) is 5.75 Å². The number of nitrogens with one attached hydrogen (secondary N) is 2. The van der Waals surface area contributed by atoms with E-state index in [0.29, 0.717) is 56.8 Å². The molecule has 1 fully saturated rings. The predicted octanol–water partition coefficient (Wildman–Crippen LogP) is 2.95. The van der Waals surface area contributed by atoms with Crippen molar-refractivity contribution in [3.05, 3.63) is 54.1 Å². The molecular formula is C25H31N3O5S. The van der Waals surface area contributed by atoms with E-state index in [9.17, 15) is 18.0 Å². The molecule has 2 aliphatic rings. The third-order valence-electron chi connectivity index (χ3n) is 6.33. The molecular weight excluding hydrogens is 454 g/mol. The fourth-order valence-electron chi connectivity index (χ4n) is 4.31. The summed E-state index contributed by atoms with van der Waals surface area (Å²) in [4.78, 5) is 24.0. The second-order valence-corrected chi connectivity index (χ2v) is 10.7. The fourth-order valence-corrected chi connectivity index (χ4v) is 5.80. The Balaban J connectivity index is 1.12. The molecule has 2 aromatic rings. The normalized spacial score (nSPS) is 17.0. The summed E-state index contributed by atoms with van der Waals surface area (Å²) in [6.07, 6.45) is 3.63. The molecule has 2 amide bonds. The maximum atomic E-state index is 12.7. The minimum absolute atomic E-state index is 0.0175.